The van der Waals surface area contributed by atoms with Crippen LogP contribution in [0.25, 0.3) is 0 Å². The number of hydrogen-bond donors (Lipinski definition) is 2. The molecule has 1 aromatic heterocycles. The van der Waals surface area contributed by atoms with Gasteiger partial charge in [-0.25, -0.2) is 0 Å². The molecule has 5 nitrogen and oxygen atoms in total. The molecule has 2 atom stereocenters. The van der Waals surface area contributed by atoms with Crippen molar-refractivity contribution in [3.05, 3.63) is 11.9 Å². The summed E-state index contributed by atoms with van der Waals surface area (Å²) in [6, 6.07) is 0.275. The first-order chi connectivity index (χ1) is 8.58. The molecule has 1 amide bonds. The normalized spacial score (nSPS) is 24.6. The van der Waals surface area contributed by atoms with Gasteiger partial charge in [0, 0.05) is 13.1 Å². The van der Waals surface area contributed by atoms with Crippen LogP contribution in [-0.4, -0.2) is 21.7 Å². The highest BCUT2D eigenvalue weighted by molar-refractivity contribution is 5.97. The standard InChI is InChI=1S/C13H22N4O/c1-9-4-3-5-10(7-6-9)16-13(18)12-11(14)8-15-17(12)2/h8-10H,3-7,14H2,1-2H3,(H,16,18). The van der Waals surface area contributed by atoms with Gasteiger partial charge in [0.1, 0.15) is 5.69 Å². The van der Waals surface area contributed by atoms with Crippen LogP contribution in [0.4, 0.5) is 5.69 Å². The second kappa shape index (κ2) is 5.42. The van der Waals surface area contributed by atoms with E-state index in [1.54, 1.807) is 7.05 Å². The average molecular weight is 250 g/mol. The van der Waals surface area contributed by atoms with Crippen LogP contribution < -0.4 is 11.1 Å². The summed E-state index contributed by atoms with van der Waals surface area (Å²) in [4.78, 5) is 12.2. The predicted molar refractivity (Wildman–Crippen MR) is 71.1 cm³/mol. The number of carbonyl (C=O) groups is 1. The molecular formula is C13H22N4O. The number of hydrogen-bond acceptors (Lipinski definition) is 3. The minimum absolute atomic E-state index is 0.105. The molecule has 3 N–H and O–H groups in total. The van der Waals surface area contributed by atoms with Crippen molar-refractivity contribution < 1.29 is 4.79 Å². The van der Waals surface area contributed by atoms with Crippen LogP contribution in [0.5, 0.6) is 0 Å². The van der Waals surface area contributed by atoms with E-state index >= 15 is 0 Å². The summed E-state index contributed by atoms with van der Waals surface area (Å²) in [7, 11) is 1.74. The molecule has 5 heteroatoms. The minimum atomic E-state index is -0.105. The molecule has 0 bridgehead atoms. The lowest BCUT2D eigenvalue weighted by molar-refractivity contribution is 0.0924. The maximum Gasteiger partial charge on any atom is 0.271 e. The van der Waals surface area contributed by atoms with E-state index in [-0.39, 0.29) is 11.9 Å². The summed E-state index contributed by atoms with van der Waals surface area (Å²) in [5.74, 6) is 0.667. The molecule has 0 saturated heterocycles. The first-order valence-corrected chi connectivity index (χ1v) is 6.66. The molecular weight excluding hydrogens is 228 g/mol. The molecule has 0 aliphatic heterocycles. The highest BCUT2D eigenvalue weighted by Crippen LogP contribution is 2.23. The number of nitrogens with one attached hydrogen (secondary N) is 1. The monoisotopic (exact) mass is 250 g/mol. The van der Waals surface area contributed by atoms with Gasteiger partial charge in [-0.2, -0.15) is 5.10 Å². The van der Waals surface area contributed by atoms with Gasteiger partial charge in [-0.15, -0.1) is 0 Å². The van der Waals surface area contributed by atoms with Crippen LogP contribution in [-0.2, 0) is 7.05 Å². The van der Waals surface area contributed by atoms with Gasteiger partial charge in [-0.05, 0) is 25.2 Å². The highest BCUT2D eigenvalue weighted by Gasteiger charge is 2.21. The van der Waals surface area contributed by atoms with Crippen molar-refractivity contribution in [1.82, 2.24) is 15.1 Å². The third kappa shape index (κ3) is 2.83. The summed E-state index contributed by atoms with van der Waals surface area (Å²) in [5, 5.41) is 7.08. The van der Waals surface area contributed by atoms with Crippen molar-refractivity contribution in [2.24, 2.45) is 13.0 Å². The molecule has 1 saturated carbocycles. The zero-order chi connectivity index (χ0) is 13.1. The summed E-state index contributed by atoms with van der Waals surface area (Å²) in [5.41, 5.74) is 6.66. The molecule has 18 heavy (non-hydrogen) atoms. The predicted octanol–water partition coefficient (Wildman–Crippen LogP) is 1.70. The molecule has 0 aromatic carbocycles. The molecule has 1 aliphatic rings. The molecule has 0 spiro atoms. The van der Waals surface area contributed by atoms with Crippen molar-refractivity contribution in [2.75, 3.05) is 5.73 Å². The first-order valence-electron chi connectivity index (χ1n) is 6.66. The number of nitrogen functional groups attached to an aromatic ring is 1. The largest absolute Gasteiger partial charge is 0.396 e. The number of rotatable bonds is 2. The molecule has 2 rings (SSSR count). The van der Waals surface area contributed by atoms with Crippen molar-refractivity contribution in [2.45, 2.75) is 45.1 Å². The Labute approximate surface area is 108 Å². The Morgan fingerprint density at radius 1 is 1.44 bits per heavy atom. The van der Waals surface area contributed by atoms with Crippen molar-refractivity contribution >= 4 is 11.6 Å². The Morgan fingerprint density at radius 2 is 2.22 bits per heavy atom. The lowest BCUT2D eigenvalue weighted by Crippen LogP contribution is -2.35. The fourth-order valence-corrected chi connectivity index (χ4v) is 2.62. The molecule has 2 unspecified atom stereocenters. The summed E-state index contributed by atoms with van der Waals surface area (Å²) in [6.07, 6.45) is 7.28. The lowest BCUT2D eigenvalue weighted by Gasteiger charge is -2.16. The second-order valence-electron chi connectivity index (χ2n) is 5.36. The first kappa shape index (κ1) is 12.9. The number of nitrogens with two attached hydrogens (primary N) is 1. The fraction of sp³-hybridized carbons (Fsp3) is 0.692. The lowest BCUT2D eigenvalue weighted by atomic mass is 10.0. The van der Waals surface area contributed by atoms with Gasteiger partial charge in [0.25, 0.3) is 5.91 Å². The number of aryl methyl sites for hydroxylation is 1. The average Bonchev–Trinajstić information content (AvgIpc) is 2.52. The van der Waals surface area contributed by atoms with Crippen molar-refractivity contribution in [1.29, 1.82) is 0 Å². The minimum Gasteiger partial charge on any atom is -0.396 e. The number of aromatic nitrogens is 2. The van der Waals surface area contributed by atoms with Gasteiger partial charge in [0.15, 0.2) is 0 Å². The summed E-state index contributed by atoms with van der Waals surface area (Å²) in [6.45, 7) is 2.28. The van der Waals surface area contributed by atoms with Crippen LogP contribution in [0.15, 0.2) is 6.20 Å². The molecule has 1 fully saturated rings. The maximum atomic E-state index is 12.2. The van der Waals surface area contributed by atoms with E-state index in [1.165, 1.54) is 30.1 Å². The van der Waals surface area contributed by atoms with Gasteiger partial charge in [-0.1, -0.05) is 19.8 Å². The Balaban J connectivity index is 1.99. The number of nitrogens with zero attached hydrogens (tertiary/aromatic N) is 2. The topological polar surface area (TPSA) is 72.9 Å². The maximum absolute atomic E-state index is 12.2. The van der Waals surface area contributed by atoms with Gasteiger partial charge in [-0.3, -0.25) is 9.48 Å². The number of amides is 1. The van der Waals surface area contributed by atoms with E-state index in [2.05, 4.69) is 17.3 Å². The van der Waals surface area contributed by atoms with Crippen LogP contribution in [0.2, 0.25) is 0 Å². The van der Waals surface area contributed by atoms with E-state index < -0.39 is 0 Å². The zero-order valence-corrected chi connectivity index (χ0v) is 11.1. The van der Waals surface area contributed by atoms with Crippen LogP contribution >= 0.6 is 0 Å². The molecule has 0 radical (unpaired) electrons. The Morgan fingerprint density at radius 3 is 2.89 bits per heavy atom. The van der Waals surface area contributed by atoms with E-state index in [0.29, 0.717) is 11.4 Å². The van der Waals surface area contributed by atoms with E-state index in [1.807, 2.05) is 0 Å². The SMILES string of the molecule is CC1CCCC(NC(=O)c2c(N)cnn2C)CC1. The van der Waals surface area contributed by atoms with E-state index in [4.69, 9.17) is 5.73 Å². The van der Waals surface area contributed by atoms with Gasteiger partial charge in [0.05, 0.1) is 11.9 Å². The zero-order valence-electron chi connectivity index (χ0n) is 11.1. The van der Waals surface area contributed by atoms with Gasteiger partial charge < -0.3 is 11.1 Å². The van der Waals surface area contributed by atoms with Crippen LogP contribution in [0.3, 0.4) is 0 Å². The molecule has 1 heterocycles. The van der Waals surface area contributed by atoms with Crippen LogP contribution in [0.1, 0.15) is 49.5 Å². The fourth-order valence-electron chi connectivity index (χ4n) is 2.62. The third-order valence-corrected chi connectivity index (χ3v) is 3.77. The van der Waals surface area contributed by atoms with Crippen molar-refractivity contribution in [3.63, 3.8) is 0 Å². The third-order valence-electron chi connectivity index (χ3n) is 3.77. The molecule has 1 aliphatic carbocycles. The summed E-state index contributed by atoms with van der Waals surface area (Å²) >= 11 is 0. The number of anilines is 1. The Hall–Kier alpha value is -1.52. The molecule has 1 aromatic rings. The van der Waals surface area contributed by atoms with E-state index in [9.17, 15) is 4.79 Å². The second-order valence-corrected chi connectivity index (χ2v) is 5.36. The molecule has 100 valence electrons. The quantitative estimate of drug-likeness (QED) is 0.785. The highest BCUT2D eigenvalue weighted by atomic mass is 16.2. The van der Waals surface area contributed by atoms with E-state index in [0.717, 1.165) is 18.8 Å². The van der Waals surface area contributed by atoms with Gasteiger partial charge >= 0.3 is 0 Å². The Bertz CT molecular complexity index is 407. The number of carbonyl (C=O) groups excluding carboxylic acids is 1. The summed E-state index contributed by atoms with van der Waals surface area (Å²) < 4.78 is 1.53. The smallest absolute Gasteiger partial charge is 0.271 e. The van der Waals surface area contributed by atoms with Gasteiger partial charge in [0.2, 0.25) is 0 Å². The van der Waals surface area contributed by atoms with Crippen LogP contribution in [0, 0.1) is 5.92 Å². The Kier molecular flexibility index (Phi) is 3.89. The van der Waals surface area contributed by atoms with Crippen molar-refractivity contribution in [3.8, 4) is 0 Å².